The number of imide groups is 1. The van der Waals surface area contributed by atoms with E-state index in [1.807, 2.05) is 18.2 Å². The summed E-state index contributed by atoms with van der Waals surface area (Å²) in [6, 6.07) is 13.7. The van der Waals surface area contributed by atoms with Gasteiger partial charge in [0.2, 0.25) is 11.8 Å². The highest BCUT2D eigenvalue weighted by Gasteiger charge is 2.70. The summed E-state index contributed by atoms with van der Waals surface area (Å²) in [4.78, 5) is 30.7. The van der Waals surface area contributed by atoms with E-state index in [2.05, 4.69) is 34.3 Å². The molecule has 2 aromatic carbocycles. The summed E-state index contributed by atoms with van der Waals surface area (Å²) in [5.74, 6) is -0.552. The van der Waals surface area contributed by atoms with Crippen LogP contribution >= 0.6 is 0 Å². The zero-order chi connectivity index (χ0) is 26.1. The first-order chi connectivity index (χ1) is 18.3. The van der Waals surface area contributed by atoms with Gasteiger partial charge >= 0.3 is 0 Å². The van der Waals surface area contributed by atoms with Crippen molar-refractivity contribution in [3.05, 3.63) is 71.2 Å². The van der Waals surface area contributed by atoms with E-state index in [0.29, 0.717) is 47.5 Å². The van der Waals surface area contributed by atoms with Gasteiger partial charge in [-0.25, -0.2) is 4.39 Å². The maximum Gasteiger partial charge on any atom is 0.234 e. The Morgan fingerprint density at radius 2 is 1.97 bits per heavy atom. The summed E-state index contributed by atoms with van der Waals surface area (Å²) in [7, 11) is 0. The number of likely N-dealkylation sites (tertiary alicyclic amines) is 1. The van der Waals surface area contributed by atoms with Crippen LogP contribution in [0.5, 0.6) is 5.75 Å². The van der Waals surface area contributed by atoms with Crippen LogP contribution in [0.2, 0.25) is 0 Å². The Morgan fingerprint density at radius 3 is 2.71 bits per heavy atom. The predicted molar refractivity (Wildman–Crippen MR) is 138 cm³/mol. The van der Waals surface area contributed by atoms with E-state index in [4.69, 9.17) is 9.47 Å². The number of piperidine rings is 2. The van der Waals surface area contributed by atoms with E-state index in [0.717, 1.165) is 31.7 Å². The third kappa shape index (κ3) is 3.98. The third-order valence-electron chi connectivity index (χ3n) is 8.57. The normalized spacial score (nSPS) is 29.2. The largest absolute Gasteiger partial charge is 0.490 e. The van der Waals surface area contributed by atoms with Gasteiger partial charge in [0, 0.05) is 43.2 Å². The first-order valence-corrected chi connectivity index (χ1v) is 13.4. The molecule has 8 heteroatoms. The maximum absolute atomic E-state index is 16.1. The zero-order valence-electron chi connectivity index (χ0n) is 21.3. The molecule has 4 heterocycles. The molecule has 4 aliphatic rings. The summed E-state index contributed by atoms with van der Waals surface area (Å²) in [6.07, 6.45) is 5.64. The van der Waals surface area contributed by atoms with Gasteiger partial charge in [0.1, 0.15) is 22.8 Å². The summed E-state index contributed by atoms with van der Waals surface area (Å²) in [6.45, 7) is 4.37. The number of nitrogens with zero attached hydrogens (tertiary/aromatic N) is 2. The molecule has 0 spiro atoms. The molecule has 1 N–H and O–H groups in total. The molecule has 1 aromatic heterocycles. The molecular formula is C30H30FN3O4. The Kier molecular flexibility index (Phi) is 5.36. The highest BCUT2D eigenvalue weighted by molar-refractivity contribution is 6.01. The van der Waals surface area contributed by atoms with Crippen LogP contribution in [0, 0.1) is 5.82 Å². The number of halogens is 1. The SMILES string of the molecule is CC12CN(Cc3ccc(OC4CC4)cc3)CCC1(c1ccc3ncc(C4CCC(=O)NC4=O)cc3c1F)O2. The van der Waals surface area contributed by atoms with Crippen LogP contribution in [0.25, 0.3) is 10.9 Å². The Morgan fingerprint density at radius 1 is 1.16 bits per heavy atom. The van der Waals surface area contributed by atoms with E-state index in [1.165, 1.54) is 5.56 Å². The van der Waals surface area contributed by atoms with Crippen LogP contribution in [0.4, 0.5) is 4.39 Å². The minimum Gasteiger partial charge on any atom is -0.490 e. The molecule has 3 aromatic rings. The zero-order valence-corrected chi connectivity index (χ0v) is 21.3. The lowest BCUT2D eigenvalue weighted by molar-refractivity contribution is -0.134. The highest BCUT2D eigenvalue weighted by atomic mass is 19.1. The average Bonchev–Trinajstić information content (AvgIpc) is 3.81. The van der Waals surface area contributed by atoms with Crippen LogP contribution in [0.3, 0.4) is 0 Å². The number of rotatable bonds is 6. The summed E-state index contributed by atoms with van der Waals surface area (Å²) in [5, 5.41) is 2.76. The van der Waals surface area contributed by atoms with Crippen molar-refractivity contribution in [2.75, 3.05) is 13.1 Å². The molecule has 7 nitrogen and oxygen atoms in total. The molecule has 0 bridgehead atoms. The number of fused-ring (bicyclic) bond motifs is 2. The van der Waals surface area contributed by atoms with Gasteiger partial charge in [-0.15, -0.1) is 0 Å². The maximum atomic E-state index is 16.1. The van der Waals surface area contributed by atoms with Gasteiger partial charge < -0.3 is 9.47 Å². The van der Waals surface area contributed by atoms with E-state index in [1.54, 1.807) is 18.3 Å². The van der Waals surface area contributed by atoms with Crippen LogP contribution < -0.4 is 10.1 Å². The van der Waals surface area contributed by atoms with Crippen molar-refractivity contribution in [3.63, 3.8) is 0 Å². The minimum absolute atomic E-state index is 0.265. The minimum atomic E-state index is -0.672. The summed E-state index contributed by atoms with van der Waals surface area (Å²) >= 11 is 0. The molecule has 4 fully saturated rings. The quantitative estimate of drug-likeness (QED) is 0.389. The number of carbonyl (C=O) groups is 2. The van der Waals surface area contributed by atoms with E-state index in [-0.39, 0.29) is 24.1 Å². The van der Waals surface area contributed by atoms with Crippen molar-refractivity contribution in [2.45, 2.75) is 68.8 Å². The van der Waals surface area contributed by atoms with E-state index >= 15 is 4.39 Å². The number of pyridine rings is 1. The lowest BCUT2D eigenvalue weighted by Crippen LogP contribution is -2.44. The lowest BCUT2D eigenvalue weighted by Gasteiger charge is -2.33. The van der Waals surface area contributed by atoms with Crippen LogP contribution in [-0.2, 0) is 26.5 Å². The third-order valence-corrected chi connectivity index (χ3v) is 8.57. The molecule has 1 saturated carbocycles. The molecule has 3 aliphatic heterocycles. The van der Waals surface area contributed by atoms with E-state index < -0.39 is 17.1 Å². The molecule has 7 rings (SSSR count). The number of aromatic nitrogens is 1. The Labute approximate surface area is 220 Å². The molecule has 3 atom stereocenters. The standard InChI is InChI=1S/C30H30FN3O4/c1-29-17-34(16-18-2-4-20(5-3-18)37-21-6-7-21)13-12-30(29,38-29)24-9-10-25-23(27(24)31)14-19(15-32-25)22-8-11-26(35)33-28(22)36/h2-5,9-10,14-15,21-22H,6-8,11-13,16-17H2,1H3,(H,33,35,36). The second-order valence-electron chi connectivity index (χ2n) is 11.3. The number of carbonyl (C=O) groups excluding carboxylic acids is 2. The summed E-state index contributed by atoms with van der Waals surface area (Å²) in [5.41, 5.74) is 1.77. The van der Waals surface area contributed by atoms with Gasteiger partial charge in [-0.3, -0.25) is 24.8 Å². The van der Waals surface area contributed by atoms with Crippen molar-refractivity contribution >= 4 is 22.7 Å². The van der Waals surface area contributed by atoms with Gasteiger partial charge in [-0.2, -0.15) is 0 Å². The van der Waals surface area contributed by atoms with Crippen molar-refractivity contribution < 1.29 is 23.5 Å². The first-order valence-electron chi connectivity index (χ1n) is 13.4. The number of nitrogens with one attached hydrogen (secondary N) is 1. The molecule has 2 amide bonds. The molecule has 196 valence electrons. The second kappa shape index (κ2) is 8.58. The number of amides is 2. The Hall–Kier alpha value is -3.36. The average molecular weight is 516 g/mol. The highest BCUT2D eigenvalue weighted by Crippen LogP contribution is 2.61. The van der Waals surface area contributed by atoms with Gasteiger partial charge in [0.05, 0.1) is 17.5 Å². The van der Waals surface area contributed by atoms with Gasteiger partial charge in [0.15, 0.2) is 0 Å². The Balaban J connectivity index is 1.10. The smallest absolute Gasteiger partial charge is 0.234 e. The van der Waals surface area contributed by atoms with Crippen molar-refractivity contribution in [2.24, 2.45) is 0 Å². The fraction of sp³-hybridized carbons (Fsp3) is 0.433. The van der Waals surface area contributed by atoms with Crippen molar-refractivity contribution in [1.82, 2.24) is 15.2 Å². The van der Waals surface area contributed by atoms with Crippen LogP contribution in [-0.4, -0.2) is 46.5 Å². The number of epoxide rings is 1. The van der Waals surface area contributed by atoms with E-state index in [9.17, 15) is 9.59 Å². The molecule has 0 radical (unpaired) electrons. The van der Waals surface area contributed by atoms with Crippen molar-refractivity contribution in [1.29, 1.82) is 0 Å². The Bertz CT molecular complexity index is 1460. The van der Waals surface area contributed by atoms with Gasteiger partial charge in [-0.1, -0.05) is 18.2 Å². The fourth-order valence-corrected chi connectivity index (χ4v) is 6.27. The fourth-order valence-electron chi connectivity index (χ4n) is 6.27. The number of benzene rings is 2. The molecular weight excluding hydrogens is 485 g/mol. The monoisotopic (exact) mass is 515 g/mol. The van der Waals surface area contributed by atoms with Gasteiger partial charge in [-0.05, 0) is 68.0 Å². The second-order valence-corrected chi connectivity index (χ2v) is 11.3. The first kappa shape index (κ1) is 23.7. The molecule has 3 unspecified atom stereocenters. The summed E-state index contributed by atoms with van der Waals surface area (Å²) < 4.78 is 28.3. The topological polar surface area (TPSA) is 84.1 Å². The van der Waals surface area contributed by atoms with Crippen molar-refractivity contribution in [3.8, 4) is 5.75 Å². The van der Waals surface area contributed by atoms with Crippen LogP contribution in [0.1, 0.15) is 61.6 Å². The molecule has 3 saturated heterocycles. The number of ether oxygens (including phenoxy) is 2. The number of hydrogen-bond donors (Lipinski definition) is 1. The lowest BCUT2D eigenvalue weighted by atomic mass is 9.80. The molecule has 1 aliphatic carbocycles. The predicted octanol–water partition coefficient (Wildman–Crippen LogP) is 4.33. The van der Waals surface area contributed by atoms with Gasteiger partial charge in [0.25, 0.3) is 0 Å². The molecule has 38 heavy (non-hydrogen) atoms. The van der Waals surface area contributed by atoms with Crippen LogP contribution in [0.15, 0.2) is 48.7 Å². The number of hydrogen-bond acceptors (Lipinski definition) is 6.